The van der Waals surface area contributed by atoms with Crippen molar-refractivity contribution in [3.8, 4) is 11.5 Å². The number of hydrogen-bond donors (Lipinski definition) is 4. The van der Waals surface area contributed by atoms with Gasteiger partial charge in [0.25, 0.3) is 5.56 Å². The molecule has 3 rings (SSSR count). The summed E-state index contributed by atoms with van der Waals surface area (Å²) >= 11 is 0. The van der Waals surface area contributed by atoms with Crippen molar-refractivity contribution in [1.29, 1.82) is 0 Å². The molecule has 22 heavy (non-hydrogen) atoms. The highest BCUT2D eigenvalue weighted by Crippen LogP contribution is 2.37. The number of hydrogen-bond acceptors (Lipinski definition) is 6. The van der Waals surface area contributed by atoms with Crippen molar-refractivity contribution >= 4 is 17.7 Å². The zero-order valence-electron chi connectivity index (χ0n) is 11.7. The molecule has 5 N–H and O–H groups in total. The normalized spacial score (nSPS) is 16.8. The van der Waals surface area contributed by atoms with E-state index in [0.717, 1.165) is 0 Å². The maximum absolute atomic E-state index is 12.2. The molecule has 114 valence electrons. The Kier molecular flexibility index (Phi) is 3.21. The lowest BCUT2D eigenvalue weighted by Crippen LogP contribution is -2.31. The van der Waals surface area contributed by atoms with Crippen LogP contribution in [0.2, 0.25) is 0 Å². The van der Waals surface area contributed by atoms with Crippen LogP contribution in [0.5, 0.6) is 11.5 Å². The number of anilines is 2. The van der Waals surface area contributed by atoms with E-state index in [2.05, 4.69) is 15.3 Å². The molecule has 0 bridgehead atoms. The topological polar surface area (TPSA) is 130 Å². The van der Waals surface area contributed by atoms with E-state index in [1.54, 1.807) is 12.1 Å². The van der Waals surface area contributed by atoms with E-state index in [-0.39, 0.29) is 35.6 Å². The number of aromatic amines is 1. The van der Waals surface area contributed by atoms with Crippen molar-refractivity contribution in [3.63, 3.8) is 0 Å². The van der Waals surface area contributed by atoms with E-state index in [0.29, 0.717) is 11.1 Å². The van der Waals surface area contributed by atoms with Gasteiger partial charge in [-0.15, -0.1) is 0 Å². The highest BCUT2D eigenvalue weighted by molar-refractivity contribution is 5.94. The number of ether oxygens (including phenoxy) is 1. The van der Waals surface area contributed by atoms with Gasteiger partial charge in [0.15, 0.2) is 11.5 Å². The molecule has 0 unspecified atom stereocenters. The van der Waals surface area contributed by atoms with Crippen LogP contribution in [0, 0.1) is 0 Å². The number of nitrogens with two attached hydrogens (primary N) is 1. The van der Waals surface area contributed by atoms with E-state index in [1.165, 1.54) is 13.2 Å². The number of carbonyl (C=O) groups excluding carboxylic acids is 1. The van der Waals surface area contributed by atoms with Crippen LogP contribution < -0.4 is 21.3 Å². The van der Waals surface area contributed by atoms with Gasteiger partial charge in [0, 0.05) is 12.3 Å². The molecular formula is C14H14N4O4. The number of nitrogens with zero attached hydrogens (tertiary/aromatic N) is 1. The number of aromatic hydroxyl groups is 1. The molecule has 1 aliphatic heterocycles. The molecule has 0 fully saturated rings. The smallest absolute Gasteiger partial charge is 0.258 e. The molecule has 0 radical (unpaired) electrons. The fourth-order valence-electron chi connectivity index (χ4n) is 2.58. The molecule has 1 aromatic heterocycles. The number of nitrogens with one attached hydrogen (secondary N) is 2. The van der Waals surface area contributed by atoms with Gasteiger partial charge in [0.2, 0.25) is 11.9 Å². The first-order chi connectivity index (χ1) is 10.5. The minimum atomic E-state index is -0.491. The summed E-state index contributed by atoms with van der Waals surface area (Å²) < 4.78 is 5.07. The largest absolute Gasteiger partial charge is 0.504 e. The molecule has 8 heteroatoms. The second-order valence-electron chi connectivity index (χ2n) is 4.95. The number of rotatable bonds is 2. The van der Waals surface area contributed by atoms with Crippen molar-refractivity contribution in [1.82, 2.24) is 9.97 Å². The standard InChI is InChI=1S/C14H14N4O4/c1-22-9-4-6(2-3-8(9)19)7-5-10(20)16-12-11(7)13(21)18-14(15)17-12/h2-4,7,19H,5H2,1H3,(H4,15,16,17,18,20,21)/t7-/m0/s1. The highest BCUT2D eigenvalue weighted by atomic mass is 16.5. The van der Waals surface area contributed by atoms with Crippen molar-refractivity contribution in [2.75, 3.05) is 18.2 Å². The van der Waals surface area contributed by atoms with E-state index in [1.807, 2.05) is 0 Å². The molecule has 1 atom stereocenters. The molecule has 0 saturated carbocycles. The summed E-state index contributed by atoms with van der Waals surface area (Å²) in [4.78, 5) is 30.5. The maximum Gasteiger partial charge on any atom is 0.258 e. The minimum Gasteiger partial charge on any atom is -0.504 e. The quantitative estimate of drug-likeness (QED) is 0.640. The van der Waals surface area contributed by atoms with Gasteiger partial charge in [0.1, 0.15) is 5.82 Å². The van der Waals surface area contributed by atoms with Gasteiger partial charge in [-0.1, -0.05) is 6.07 Å². The van der Waals surface area contributed by atoms with Crippen LogP contribution in [-0.4, -0.2) is 28.1 Å². The van der Waals surface area contributed by atoms with Gasteiger partial charge < -0.3 is 20.9 Å². The zero-order chi connectivity index (χ0) is 15.9. The predicted molar refractivity (Wildman–Crippen MR) is 79.0 cm³/mol. The lowest BCUT2D eigenvalue weighted by atomic mass is 9.86. The predicted octanol–water partition coefficient (Wildman–Crippen LogP) is 0.540. The number of carbonyl (C=O) groups is 1. The summed E-state index contributed by atoms with van der Waals surface area (Å²) in [6.07, 6.45) is 0.0929. The molecule has 1 amide bonds. The fourth-order valence-corrected chi connectivity index (χ4v) is 2.58. The third-order valence-electron chi connectivity index (χ3n) is 3.58. The van der Waals surface area contributed by atoms with Gasteiger partial charge in [-0.2, -0.15) is 4.98 Å². The number of aromatic nitrogens is 2. The summed E-state index contributed by atoms with van der Waals surface area (Å²) in [5.41, 5.74) is 6.11. The van der Waals surface area contributed by atoms with Gasteiger partial charge in [-0.05, 0) is 17.7 Å². The van der Waals surface area contributed by atoms with Crippen LogP contribution in [0.4, 0.5) is 11.8 Å². The zero-order valence-corrected chi connectivity index (χ0v) is 11.7. The van der Waals surface area contributed by atoms with Gasteiger partial charge in [-0.25, -0.2) is 0 Å². The summed E-state index contributed by atoms with van der Waals surface area (Å²) in [5, 5.41) is 12.2. The summed E-state index contributed by atoms with van der Waals surface area (Å²) in [5.74, 6) is -0.402. The fraction of sp³-hybridized carbons (Fsp3) is 0.214. The lowest BCUT2D eigenvalue weighted by Gasteiger charge is -2.24. The van der Waals surface area contributed by atoms with Crippen molar-refractivity contribution in [2.45, 2.75) is 12.3 Å². The molecule has 2 heterocycles. The minimum absolute atomic E-state index is 0.0175. The van der Waals surface area contributed by atoms with Crippen LogP contribution in [0.25, 0.3) is 0 Å². The average molecular weight is 302 g/mol. The van der Waals surface area contributed by atoms with Crippen LogP contribution in [-0.2, 0) is 4.79 Å². The summed E-state index contributed by atoms with van der Waals surface area (Å²) in [6.45, 7) is 0. The average Bonchev–Trinajstić information content (AvgIpc) is 2.46. The molecular weight excluding hydrogens is 288 g/mol. The molecule has 0 aliphatic carbocycles. The third-order valence-corrected chi connectivity index (χ3v) is 3.58. The van der Waals surface area contributed by atoms with E-state index in [9.17, 15) is 14.7 Å². The monoisotopic (exact) mass is 302 g/mol. The third kappa shape index (κ3) is 2.24. The van der Waals surface area contributed by atoms with Crippen LogP contribution in [0.1, 0.15) is 23.5 Å². The Morgan fingerprint density at radius 3 is 2.91 bits per heavy atom. The molecule has 2 aromatic rings. The lowest BCUT2D eigenvalue weighted by molar-refractivity contribution is -0.116. The molecule has 1 aromatic carbocycles. The number of nitrogen functional groups attached to an aromatic ring is 1. The summed E-state index contributed by atoms with van der Waals surface area (Å²) in [7, 11) is 1.43. The highest BCUT2D eigenvalue weighted by Gasteiger charge is 2.31. The van der Waals surface area contributed by atoms with Crippen molar-refractivity contribution in [3.05, 3.63) is 39.7 Å². The Bertz CT molecular complexity index is 815. The Labute approximate surface area is 125 Å². The number of fused-ring (bicyclic) bond motifs is 1. The number of phenolic OH excluding ortho intramolecular Hbond substituents is 1. The van der Waals surface area contributed by atoms with Crippen LogP contribution in [0.3, 0.4) is 0 Å². The van der Waals surface area contributed by atoms with Gasteiger partial charge in [0.05, 0.1) is 12.7 Å². The molecule has 8 nitrogen and oxygen atoms in total. The molecule has 0 saturated heterocycles. The number of benzene rings is 1. The Morgan fingerprint density at radius 1 is 1.41 bits per heavy atom. The first-order valence-corrected chi connectivity index (χ1v) is 6.56. The maximum atomic E-state index is 12.2. The number of phenols is 1. The van der Waals surface area contributed by atoms with Crippen molar-refractivity contribution < 1.29 is 14.6 Å². The van der Waals surface area contributed by atoms with Crippen molar-refractivity contribution in [2.24, 2.45) is 0 Å². The van der Waals surface area contributed by atoms with E-state index in [4.69, 9.17) is 10.5 Å². The van der Waals surface area contributed by atoms with Gasteiger partial charge in [-0.3, -0.25) is 14.6 Å². The summed E-state index contributed by atoms with van der Waals surface area (Å²) in [6, 6.07) is 4.69. The number of methoxy groups -OCH3 is 1. The van der Waals surface area contributed by atoms with Crippen LogP contribution in [0.15, 0.2) is 23.0 Å². The Morgan fingerprint density at radius 2 is 2.18 bits per heavy atom. The van der Waals surface area contributed by atoms with E-state index < -0.39 is 11.5 Å². The number of amides is 1. The second-order valence-corrected chi connectivity index (χ2v) is 4.95. The van der Waals surface area contributed by atoms with Crippen LogP contribution >= 0.6 is 0 Å². The Hall–Kier alpha value is -3.03. The number of H-pyrrole nitrogens is 1. The first kappa shape index (κ1) is 13.9. The van der Waals surface area contributed by atoms with E-state index >= 15 is 0 Å². The molecule has 1 aliphatic rings. The Balaban J connectivity index is 2.17. The van der Waals surface area contributed by atoms with Gasteiger partial charge >= 0.3 is 0 Å². The second kappa shape index (κ2) is 5.06. The SMILES string of the molecule is COc1cc([C@@H]2CC(=O)Nc3nc(N)[nH]c(=O)c32)ccc1O. The first-order valence-electron chi connectivity index (χ1n) is 6.56. The molecule has 0 spiro atoms.